The van der Waals surface area contributed by atoms with E-state index in [4.69, 9.17) is 0 Å². The first-order valence-corrected chi connectivity index (χ1v) is 7.88. The Hall–Kier alpha value is -0.900. The highest BCUT2D eigenvalue weighted by molar-refractivity contribution is 5.02. The highest BCUT2D eigenvalue weighted by atomic mass is 15.3. The second-order valence-corrected chi connectivity index (χ2v) is 6.52. The Labute approximate surface area is 116 Å². The Kier molecular flexibility index (Phi) is 3.87. The zero-order valence-corrected chi connectivity index (χ0v) is 12.3. The molecule has 19 heavy (non-hydrogen) atoms. The number of fused-ring (bicyclic) bond motifs is 1. The molecule has 0 radical (unpaired) electrons. The topological polar surface area (TPSA) is 34.0 Å². The van der Waals surface area contributed by atoms with Crippen LogP contribution in [0.1, 0.15) is 63.5 Å². The number of hydrogen-bond donors (Lipinski definition) is 0. The molecular weight excluding hydrogens is 236 g/mol. The predicted molar refractivity (Wildman–Crippen MR) is 76.0 cm³/mol. The first-order chi connectivity index (χ1) is 9.24. The van der Waals surface area contributed by atoms with Crippen molar-refractivity contribution in [2.24, 2.45) is 5.92 Å². The molecule has 0 amide bonds. The minimum absolute atomic E-state index is 0.478. The number of nitrogens with zero attached hydrogens (tertiary/aromatic N) is 4. The molecule has 1 aromatic rings. The molecule has 3 rings (SSSR count). The van der Waals surface area contributed by atoms with E-state index >= 15 is 0 Å². The molecule has 0 saturated heterocycles. The second-order valence-electron chi connectivity index (χ2n) is 6.52. The number of hydrogen-bond acceptors (Lipinski definition) is 3. The van der Waals surface area contributed by atoms with Crippen LogP contribution in [0.4, 0.5) is 0 Å². The third kappa shape index (κ3) is 2.83. The Bertz CT molecular complexity index is 418. The van der Waals surface area contributed by atoms with Crippen LogP contribution >= 0.6 is 0 Å². The average Bonchev–Trinajstić information content (AvgIpc) is 2.83. The van der Waals surface area contributed by atoms with Crippen LogP contribution in [0.15, 0.2) is 0 Å². The van der Waals surface area contributed by atoms with Crippen LogP contribution in [0.5, 0.6) is 0 Å². The predicted octanol–water partition coefficient (Wildman–Crippen LogP) is 2.80. The lowest BCUT2D eigenvalue weighted by Gasteiger charge is -2.32. The summed E-state index contributed by atoms with van der Waals surface area (Å²) in [4.78, 5) is 2.59. The van der Waals surface area contributed by atoms with Gasteiger partial charge in [-0.1, -0.05) is 33.1 Å². The summed E-state index contributed by atoms with van der Waals surface area (Å²) >= 11 is 0. The molecule has 0 atom stereocenters. The molecule has 1 aliphatic heterocycles. The van der Waals surface area contributed by atoms with Gasteiger partial charge in [0.25, 0.3) is 0 Å². The van der Waals surface area contributed by atoms with Crippen LogP contribution in [-0.2, 0) is 13.1 Å². The summed E-state index contributed by atoms with van der Waals surface area (Å²) in [5.74, 6) is 3.73. The van der Waals surface area contributed by atoms with E-state index < -0.39 is 0 Å². The largest absolute Gasteiger partial charge is 0.312 e. The zero-order valence-electron chi connectivity index (χ0n) is 12.3. The van der Waals surface area contributed by atoms with E-state index in [1.165, 1.54) is 51.0 Å². The van der Waals surface area contributed by atoms with Gasteiger partial charge in [-0.05, 0) is 18.8 Å². The molecule has 1 fully saturated rings. The van der Waals surface area contributed by atoms with Crippen LogP contribution in [0.25, 0.3) is 0 Å². The van der Waals surface area contributed by atoms with E-state index in [1.807, 2.05) is 0 Å². The zero-order chi connectivity index (χ0) is 13.2. The summed E-state index contributed by atoms with van der Waals surface area (Å²) in [5.41, 5.74) is 0. The van der Waals surface area contributed by atoms with E-state index in [0.29, 0.717) is 5.92 Å². The standard InChI is InChI=1S/C15H26N4/c1-12(2)15-17-16-14-11-18(8-9-19(14)15)10-13-6-4-3-5-7-13/h12-13H,3-11H2,1-2H3. The van der Waals surface area contributed by atoms with Crippen molar-refractivity contribution in [3.8, 4) is 0 Å². The van der Waals surface area contributed by atoms with E-state index in [-0.39, 0.29) is 0 Å². The quantitative estimate of drug-likeness (QED) is 0.840. The highest BCUT2D eigenvalue weighted by Crippen LogP contribution is 2.26. The first kappa shape index (κ1) is 13.1. The molecule has 4 nitrogen and oxygen atoms in total. The van der Waals surface area contributed by atoms with Crippen LogP contribution < -0.4 is 0 Å². The fraction of sp³-hybridized carbons (Fsp3) is 0.867. The molecule has 0 unspecified atom stereocenters. The van der Waals surface area contributed by atoms with Crippen molar-refractivity contribution < 1.29 is 0 Å². The summed E-state index contributed by atoms with van der Waals surface area (Å²) in [6.45, 7) is 8.90. The van der Waals surface area contributed by atoms with Crippen molar-refractivity contribution in [3.05, 3.63) is 11.6 Å². The molecule has 4 heteroatoms. The van der Waals surface area contributed by atoms with E-state index in [1.54, 1.807) is 0 Å². The van der Waals surface area contributed by atoms with Gasteiger partial charge in [-0.25, -0.2) is 0 Å². The normalized spacial score (nSPS) is 21.8. The van der Waals surface area contributed by atoms with Crippen LogP contribution in [0.2, 0.25) is 0 Å². The lowest BCUT2D eigenvalue weighted by Crippen LogP contribution is -2.38. The van der Waals surface area contributed by atoms with Gasteiger partial charge in [0.1, 0.15) is 11.6 Å². The van der Waals surface area contributed by atoms with E-state index in [2.05, 4.69) is 33.5 Å². The molecule has 106 valence electrons. The van der Waals surface area contributed by atoms with Crippen LogP contribution in [-0.4, -0.2) is 32.8 Å². The lowest BCUT2D eigenvalue weighted by atomic mass is 9.89. The second kappa shape index (κ2) is 5.61. The molecule has 1 aromatic heterocycles. The molecule has 1 aliphatic carbocycles. The van der Waals surface area contributed by atoms with Crippen molar-refractivity contribution in [2.45, 2.75) is 65.0 Å². The highest BCUT2D eigenvalue weighted by Gasteiger charge is 2.24. The van der Waals surface area contributed by atoms with Gasteiger partial charge in [0.15, 0.2) is 0 Å². The number of rotatable bonds is 3. The van der Waals surface area contributed by atoms with Gasteiger partial charge in [0.05, 0.1) is 6.54 Å². The van der Waals surface area contributed by atoms with Crippen molar-refractivity contribution in [1.29, 1.82) is 0 Å². The summed E-state index contributed by atoms with van der Waals surface area (Å²) in [5, 5.41) is 8.76. The van der Waals surface area contributed by atoms with Gasteiger partial charge in [-0.3, -0.25) is 4.90 Å². The lowest BCUT2D eigenvalue weighted by molar-refractivity contribution is 0.163. The summed E-state index contributed by atoms with van der Waals surface area (Å²) in [6.07, 6.45) is 7.18. The third-order valence-electron chi connectivity index (χ3n) is 4.62. The van der Waals surface area contributed by atoms with E-state index in [0.717, 1.165) is 24.8 Å². The van der Waals surface area contributed by atoms with Gasteiger partial charge in [0, 0.05) is 25.6 Å². The monoisotopic (exact) mass is 262 g/mol. The molecule has 1 saturated carbocycles. The molecular formula is C15H26N4. The van der Waals surface area contributed by atoms with Gasteiger partial charge >= 0.3 is 0 Å². The maximum atomic E-state index is 4.39. The third-order valence-corrected chi connectivity index (χ3v) is 4.62. The Morgan fingerprint density at radius 3 is 2.63 bits per heavy atom. The fourth-order valence-electron chi connectivity index (χ4n) is 3.55. The van der Waals surface area contributed by atoms with Crippen molar-refractivity contribution in [3.63, 3.8) is 0 Å². The molecule has 0 bridgehead atoms. The maximum Gasteiger partial charge on any atom is 0.147 e. The summed E-state index contributed by atoms with van der Waals surface area (Å²) in [7, 11) is 0. The Morgan fingerprint density at radius 2 is 1.89 bits per heavy atom. The molecule has 0 aromatic carbocycles. The van der Waals surface area contributed by atoms with E-state index in [9.17, 15) is 0 Å². The fourth-order valence-corrected chi connectivity index (χ4v) is 3.55. The van der Waals surface area contributed by atoms with Gasteiger partial charge < -0.3 is 4.57 Å². The van der Waals surface area contributed by atoms with Crippen LogP contribution in [0, 0.1) is 5.92 Å². The van der Waals surface area contributed by atoms with Crippen molar-refractivity contribution in [1.82, 2.24) is 19.7 Å². The summed E-state index contributed by atoms with van der Waals surface area (Å²) in [6, 6.07) is 0. The average molecular weight is 262 g/mol. The number of aromatic nitrogens is 3. The molecule has 0 N–H and O–H groups in total. The van der Waals surface area contributed by atoms with Crippen molar-refractivity contribution >= 4 is 0 Å². The van der Waals surface area contributed by atoms with Gasteiger partial charge in [0.2, 0.25) is 0 Å². The molecule has 2 aliphatic rings. The van der Waals surface area contributed by atoms with Gasteiger partial charge in [-0.15, -0.1) is 10.2 Å². The molecule has 2 heterocycles. The Morgan fingerprint density at radius 1 is 1.11 bits per heavy atom. The SMILES string of the molecule is CC(C)c1nnc2n1CCN(CC1CCCCC1)C2. The summed E-state index contributed by atoms with van der Waals surface area (Å²) < 4.78 is 2.34. The minimum Gasteiger partial charge on any atom is -0.312 e. The van der Waals surface area contributed by atoms with Gasteiger partial charge in [-0.2, -0.15) is 0 Å². The van der Waals surface area contributed by atoms with Crippen LogP contribution in [0.3, 0.4) is 0 Å². The first-order valence-electron chi connectivity index (χ1n) is 7.88. The molecule has 0 spiro atoms. The smallest absolute Gasteiger partial charge is 0.147 e. The Balaban J connectivity index is 1.62. The minimum atomic E-state index is 0.478. The maximum absolute atomic E-state index is 4.39. The van der Waals surface area contributed by atoms with Crippen molar-refractivity contribution in [2.75, 3.05) is 13.1 Å².